The van der Waals surface area contributed by atoms with Crippen molar-refractivity contribution in [3.05, 3.63) is 70.8 Å². The molecule has 0 unspecified atom stereocenters. The van der Waals surface area contributed by atoms with E-state index in [1.807, 2.05) is 36.7 Å². The highest BCUT2D eigenvalue weighted by molar-refractivity contribution is 5.80. The van der Waals surface area contributed by atoms with E-state index in [0.717, 1.165) is 49.3 Å². The molecule has 0 spiro atoms. The first-order valence-electron chi connectivity index (χ1n) is 11.8. The van der Waals surface area contributed by atoms with Crippen LogP contribution in [-0.2, 0) is 13.6 Å². The van der Waals surface area contributed by atoms with Crippen LogP contribution in [0, 0.1) is 0 Å². The van der Waals surface area contributed by atoms with E-state index >= 15 is 0 Å². The number of likely N-dealkylation sites (tertiary alicyclic amines) is 1. The van der Waals surface area contributed by atoms with E-state index in [2.05, 4.69) is 26.9 Å². The second-order valence-corrected chi connectivity index (χ2v) is 8.69. The van der Waals surface area contributed by atoms with E-state index < -0.39 is 0 Å². The van der Waals surface area contributed by atoms with Crippen molar-refractivity contribution >= 4 is 10.9 Å². The first kappa shape index (κ1) is 22.5. The van der Waals surface area contributed by atoms with Crippen LogP contribution in [-0.4, -0.2) is 58.7 Å². The van der Waals surface area contributed by atoms with Crippen LogP contribution < -0.4 is 10.3 Å². The van der Waals surface area contributed by atoms with Gasteiger partial charge in [0.1, 0.15) is 5.75 Å². The summed E-state index contributed by atoms with van der Waals surface area (Å²) in [7, 11) is 1.80. The Bertz CT molecular complexity index is 1040. The molecule has 4 rings (SSSR count). The van der Waals surface area contributed by atoms with E-state index in [9.17, 15) is 4.79 Å². The smallest absolute Gasteiger partial charge is 0.250 e. The van der Waals surface area contributed by atoms with Crippen LogP contribution in [0.1, 0.15) is 31.2 Å². The molecule has 0 aliphatic carbocycles. The lowest BCUT2D eigenvalue weighted by molar-refractivity contribution is 0.169. The van der Waals surface area contributed by atoms with Crippen molar-refractivity contribution in [3.63, 3.8) is 0 Å². The zero-order chi connectivity index (χ0) is 22.2. The quantitative estimate of drug-likeness (QED) is 0.456. The van der Waals surface area contributed by atoms with Gasteiger partial charge in [-0.05, 0) is 74.3 Å². The van der Waals surface area contributed by atoms with Crippen LogP contribution >= 0.6 is 0 Å². The first-order chi connectivity index (χ1) is 15.7. The van der Waals surface area contributed by atoms with Crippen molar-refractivity contribution in [2.24, 2.45) is 7.05 Å². The lowest BCUT2D eigenvalue weighted by atomic mass is 10.1. The summed E-state index contributed by atoms with van der Waals surface area (Å²) < 4.78 is 7.71. The molecule has 6 nitrogen and oxygen atoms in total. The van der Waals surface area contributed by atoms with Gasteiger partial charge in [-0.2, -0.15) is 0 Å². The van der Waals surface area contributed by atoms with E-state index in [1.165, 1.54) is 37.9 Å². The lowest BCUT2D eigenvalue weighted by Gasteiger charge is -2.30. The molecule has 2 aromatic heterocycles. The number of aryl methyl sites for hydroxylation is 1. The molecule has 0 atom stereocenters. The molecule has 0 radical (unpaired) electrons. The molecule has 3 heterocycles. The van der Waals surface area contributed by atoms with Crippen LogP contribution in [0.3, 0.4) is 0 Å². The largest absolute Gasteiger partial charge is 0.494 e. The highest BCUT2D eigenvalue weighted by atomic mass is 16.5. The maximum Gasteiger partial charge on any atom is 0.250 e. The Kier molecular flexibility index (Phi) is 7.91. The number of hydrogen-bond acceptors (Lipinski definition) is 5. The predicted octanol–water partition coefficient (Wildman–Crippen LogP) is 3.69. The molecule has 6 heteroatoms. The van der Waals surface area contributed by atoms with Gasteiger partial charge in [-0.1, -0.05) is 6.42 Å². The van der Waals surface area contributed by atoms with Gasteiger partial charge in [-0.25, -0.2) is 0 Å². The summed E-state index contributed by atoms with van der Waals surface area (Å²) in [4.78, 5) is 21.1. The summed E-state index contributed by atoms with van der Waals surface area (Å²) >= 11 is 0. The molecule has 1 aliphatic rings. The summed E-state index contributed by atoms with van der Waals surface area (Å²) in [6.07, 6.45) is 8.75. The van der Waals surface area contributed by atoms with Crippen molar-refractivity contribution in [2.75, 3.05) is 39.3 Å². The molecule has 1 aromatic carbocycles. The van der Waals surface area contributed by atoms with Gasteiger partial charge in [0, 0.05) is 57.1 Å². The molecule has 170 valence electrons. The monoisotopic (exact) mass is 434 g/mol. The molecule has 3 aromatic rings. The Morgan fingerprint density at radius 1 is 1.00 bits per heavy atom. The molecule has 1 saturated heterocycles. The molecular weight excluding hydrogens is 400 g/mol. The summed E-state index contributed by atoms with van der Waals surface area (Å²) in [5.74, 6) is 0.852. The number of hydrogen-bond donors (Lipinski definition) is 0. The Labute approximate surface area is 190 Å². The second-order valence-electron chi connectivity index (χ2n) is 8.69. The fourth-order valence-electron chi connectivity index (χ4n) is 4.41. The normalized spacial score (nSPS) is 14.8. The Balaban J connectivity index is 1.30. The summed E-state index contributed by atoms with van der Waals surface area (Å²) in [6, 6.07) is 13.6. The minimum Gasteiger partial charge on any atom is -0.494 e. The van der Waals surface area contributed by atoms with E-state index in [0.29, 0.717) is 6.61 Å². The third kappa shape index (κ3) is 6.17. The third-order valence-electron chi connectivity index (χ3n) is 6.32. The first-order valence-corrected chi connectivity index (χ1v) is 11.8. The molecule has 0 bridgehead atoms. The molecule has 0 N–H and O–H groups in total. The standard InChI is InChI=1S/C26H34N4O2/c1-28-25-8-7-24(20-23(25)6-9-26(28)31)32-19-5-16-30(21-22-10-12-27-13-11-22)18-17-29-14-3-2-4-15-29/h6-13,20H,2-5,14-19,21H2,1H3. The molecule has 32 heavy (non-hydrogen) atoms. The Hall–Kier alpha value is -2.70. The molecule has 1 aliphatic heterocycles. The predicted molar refractivity (Wildman–Crippen MR) is 129 cm³/mol. The van der Waals surface area contributed by atoms with Crippen molar-refractivity contribution in [3.8, 4) is 5.75 Å². The average Bonchev–Trinajstić information content (AvgIpc) is 2.84. The van der Waals surface area contributed by atoms with E-state index in [1.54, 1.807) is 17.7 Å². The summed E-state index contributed by atoms with van der Waals surface area (Å²) in [5.41, 5.74) is 2.23. The number of ether oxygens (including phenoxy) is 1. The average molecular weight is 435 g/mol. The zero-order valence-electron chi connectivity index (χ0n) is 19.1. The maximum atomic E-state index is 11.8. The van der Waals surface area contributed by atoms with E-state index in [4.69, 9.17) is 4.74 Å². The fraction of sp³-hybridized carbons (Fsp3) is 0.462. The van der Waals surface area contributed by atoms with Crippen molar-refractivity contribution in [2.45, 2.75) is 32.2 Å². The molecule has 0 amide bonds. The van der Waals surface area contributed by atoms with Crippen molar-refractivity contribution < 1.29 is 4.74 Å². The highest BCUT2D eigenvalue weighted by Crippen LogP contribution is 2.19. The Morgan fingerprint density at radius 3 is 2.62 bits per heavy atom. The van der Waals surface area contributed by atoms with Gasteiger partial charge in [0.15, 0.2) is 0 Å². The Morgan fingerprint density at radius 2 is 1.81 bits per heavy atom. The summed E-state index contributed by atoms with van der Waals surface area (Å²) in [6.45, 7) is 7.30. The number of aromatic nitrogens is 2. The van der Waals surface area contributed by atoms with Gasteiger partial charge < -0.3 is 14.2 Å². The number of piperidine rings is 1. The number of benzene rings is 1. The van der Waals surface area contributed by atoms with Crippen molar-refractivity contribution in [1.82, 2.24) is 19.4 Å². The number of nitrogens with zero attached hydrogens (tertiary/aromatic N) is 4. The minimum absolute atomic E-state index is 0.00464. The van der Waals surface area contributed by atoms with Gasteiger partial charge in [-0.15, -0.1) is 0 Å². The number of fused-ring (bicyclic) bond motifs is 1. The summed E-state index contributed by atoms with van der Waals surface area (Å²) in [5, 5.41) is 1.02. The third-order valence-corrected chi connectivity index (χ3v) is 6.32. The van der Waals surface area contributed by atoms with Crippen LogP contribution in [0.2, 0.25) is 0 Å². The van der Waals surface area contributed by atoms with Gasteiger partial charge in [0.05, 0.1) is 12.1 Å². The van der Waals surface area contributed by atoms with Gasteiger partial charge in [0.25, 0.3) is 5.56 Å². The molecule has 1 fully saturated rings. The minimum atomic E-state index is 0.00464. The van der Waals surface area contributed by atoms with Crippen LogP contribution in [0.5, 0.6) is 5.75 Å². The van der Waals surface area contributed by atoms with Crippen LogP contribution in [0.25, 0.3) is 10.9 Å². The topological polar surface area (TPSA) is 50.6 Å². The number of rotatable bonds is 10. The SMILES string of the molecule is Cn1c(=O)ccc2cc(OCCCN(CCN3CCCCC3)Cc3ccncc3)ccc21. The van der Waals surface area contributed by atoms with Crippen LogP contribution in [0.15, 0.2) is 59.7 Å². The molecular formula is C26H34N4O2. The van der Waals surface area contributed by atoms with Crippen LogP contribution in [0.4, 0.5) is 0 Å². The van der Waals surface area contributed by atoms with Crippen molar-refractivity contribution in [1.29, 1.82) is 0 Å². The van der Waals surface area contributed by atoms with E-state index in [-0.39, 0.29) is 5.56 Å². The number of pyridine rings is 2. The lowest BCUT2D eigenvalue weighted by Crippen LogP contribution is -2.38. The maximum absolute atomic E-state index is 11.8. The highest BCUT2D eigenvalue weighted by Gasteiger charge is 2.13. The van der Waals surface area contributed by atoms with Gasteiger partial charge in [-0.3, -0.25) is 14.7 Å². The second kappa shape index (κ2) is 11.2. The fourth-order valence-corrected chi connectivity index (χ4v) is 4.41. The van der Waals surface area contributed by atoms with Gasteiger partial charge >= 0.3 is 0 Å². The zero-order valence-corrected chi connectivity index (χ0v) is 19.1. The van der Waals surface area contributed by atoms with Gasteiger partial charge in [0.2, 0.25) is 0 Å². The molecule has 0 saturated carbocycles.